The van der Waals surface area contributed by atoms with E-state index in [1.807, 2.05) is 30.3 Å². The minimum Gasteiger partial charge on any atom is -0.497 e. The van der Waals surface area contributed by atoms with E-state index in [9.17, 15) is 19.2 Å². The van der Waals surface area contributed by atoms with Crippen LogP contribution in [0.3, 0.4) is 0 Å². The molecule has 270 valence electrons. The van der Waals surface area contributed by atoms with Gasteiger partial charge in [-0.1, -0.05) is 6.08 Å². The highest BCUT2D eigenvalue weighted by Gasteiger charge is 2.53. The molecule has 0 spiro atoms. The van der Waals surface area contributed by atoms with E-state index in [1.165, 1.54) is 27.7 Å². The molecule has 6 rings (SSSR count). The molecule has 15 heteroatoms. The number of rotatable bonds is 11. The molecule has 10 unspecified atom stereocenters. The maximum absolute atomic E-state index is 12.4. The Hall–Kier alpha value is -4.34. The topological polar surface area (TPSA) is 164 Å². The standard InChI is InChI=1S/C35H44N4O10S/c1-7-22-16-39-13-11-23(22)14-28(39)30(25-10-12-36-27-9-8-24(44-6)15-26(25)27)37-35(50)38-34-33(48-21(5)43)32(47-20(4)42)31(46-19(3)41)29(49-34)17-45-18(2)40/h7-10,12,15,22-23,28-34H,1,11,13-14,16-17H2,2-6H3,(H2,37,38,50). The molecule has 14 nitrogen and oxygen atoms in total. The van der Waals surface area contributed by atoms with Gasteiger partial charge in [0, 0.05) is 51.9 Å². The number of hydrogen-bond donors (Lipinski definition) is 2. The van der Waals surface area contributed by atoms with Gasteiger partial charge in [0.1, 0.15) is 18.5 Å². The molecule has 1 aromatic carbocycles. The Morgan fingerprint density at radius 1 is 1.04 bits per heavy atom. The Labute approximate surface area is 296 Å². The second-order valence-corrected chi connectivity index (χ2v) is 13.2. The van der Waals surface area contributed by atoms with E-state index >= 15 is 0 Å². The predicted molar refractivity (Wildman–Crippen MR) is 184 cm³/mol. The maximum Gasteiger partial charge on any atom is 0.303 e. The first kappa shape index (κ1) is 36.9. The number of benzene rings is 1. The van der Waals surface area contributed by atoms with Gasteiger partial charge in [0.2, 0.25) is 0 Å². The van der Waals surface area contributed by atoms with E-state index < -0.39 is 54.5 Å². The van der Waals surface area contributed by atoms with Crippen LogP contribution in [-0.2, 0) is 42.9 Å². The lowest BCUT2D eigenvalue weighted by Crippen LogP contribution is -2.67. The number of ether oxygens (including phenoxy) is 6. The van der Waals surface area contributed by atoms with Gasteiger partial charge in [-0.3, -0.25) is 29.1 Å². The van der Waals surface area contributed by atoms with Crippen LogP contribution in [0, 0.1) is 11.8 Å². The number of carbonyl (C=O) groups excluding carboxylic acids is 4. The van der Waals surface area contributed by atoms with Gasteiger partial charge < -0.3 is 39.1 Å². The van der Waals surface area contributed by atoms with E-state index in [2.05, 4.69) is 27.1 Å². The zero-order chi connectivity index (χ0) is 36.1. The second-order valence-electron chi connectivity index (χ2n) is 12.7. The molecule has 4 fully saturated rings. The second kappa shape index (κ2) is 16.1. The summed E-state index contributed by atoms with van der Waals surface area (Å²) in [7, 11) is 1.61. The molecule has 2 aromatic rings. The first-order valence-corrected chi connectivity index (χ1v) is 17.0. The molecule has 50 heavy (non-hydrogen) atoms. The van der Waals surface area contributed by atoms with Crippen LogP contribution >= 0.6 is 12.2 Å². The van der Waals surface area contributed by atoms with Crippen LogP contribution in [0.2, 0.25) is 0 Å². The van der Waals surface area contributed by atoms with Crippen molar-refractivity contribution in [3.63, 3.8) is 0 Å². The summed E-state index contributed by atoms with van der Waals surface area (Å²) in [4.78, 5) is 55.6. The highest BCUT2D eigenvalue weighted by Crippen LogP contribution is 2.42. The van der Waals surface area contributed by atoms with E-state index in [0.29, 0.717) is 17.6 Å². The lowest BCUT2D eigenvalue weighted by Gasteiger charge is -2.52. The van der Waals surface area contributed by atoms with Gasteiger partial charge in [-0.2, -0.15) is 0 Å². The molecule has 2 bridgehead atoms. The number of pyridine rings is 1. The van der Waals surface area contributed by atoms with Gasteiger partial charge in [-0.25, -0.2) is 0 Å². The Kier molecular flexibility index (Phi) is 11.9. The molecule has 0 saturated carbocycles. The lowest BCUT2D eigenvalue weighted by atomic mass is 9.73. The molecule has 0 amide bonds. The monoisotopic (exact) mass is 712 g/mol. The van der Waals surface area contributed by atoms with Crippen molar-refractivity contribution in [2.45, 2.75) is 83.3 Å². The first-order chi connectivity index (χ1) is 23.9. The molecule has 4 aliphatic rings. The summed E-state index contributed by atoms with van der Waals surface area (Å²) in [6.45, 7) is 10.2. The van der Waals surface area contributed by atoms with Gasteiger partial charge >= 0.3 is 23.9 Å². The third kappa shape index (κ3) is 8.50. The van der Waals surface area contributed by atoms with E-state index in [-0.39, 0.29) is 23.8 Å². The van der Waals surface area contributed by atoms with Crippen LogP contribution in [0.1, 0.15) is 52.1 Å². The quantitative estimate of drug-likeness (QED) is 0.151. The van der Waals surface area contributed by atoms with Crippen LogP contribution in [0.15, 0.2) is 43.1 Å². The van der Waals surface area contributed by atoms with Crippen molar-refractivity contribution < 1.29 is 47.6 Å². The number of piperidine rings is 3. The van der Waals surface area contributed by atoms with Crippen molar-refractivity contribution in [3.8, 4) is 5.75 Å². The van der Waals surface area contributed by atoms with Crippen molar-refractivity contribution in [3.05, 3.63) is 48.7 Å². The Morgan fingerprint density at radius 3 is 2.36 bits per heavy atom. The normalized spacial score (nSPS) is 29.2. The van der Waals surface area contributed by atoms with Gasteiger partial charge in [-0.05, 0) is 73.3 Å². The summed E-state index contributed by atoms with van der Waals surface area (Å²) in [5.41, 5.74) is 1.74. The molecule has 5 heterocycles. The fraction of sp³-hybridized carbons (Fsp3) is 0.543. The number of esters is 4. The van der Waals surface area contributed by atoms with Crippen LogP contribution in [-0.4, -0.2) is 102 Å². The largest absolute Gasteiger partial charge is 0.497 e. The summed E-state index contributed by atoms with van der Waals surface area (Å²) in [5, 5.41) is 7.67. The highest BCUT2D eigenvalue weighted by atomic mass is 32.1. The van der Waals surface area contributed by atoms with Crippen LogP contribution < -0.4 is 15.4 Å². The third-order valence-electron chi connectivity index (χ3n) is 9.41. The Morgan fingerprint density at radius 2 is 1.74 bits per heavy atom. The number of nitrogens with zero attached hydrogens (tertiary/aromatic N) is 2. The van der Waals surface area contributed by atoms with Crippen molar-refractivity contribution in [2.24, 2.45) is 11.8 Å². The summed E-state index contributed by atoms with van der Waals surface area (Å²) in [5.74, 6) is -1.24. The van der Waals surface area contributed by atoms with E-state index in [4.69, 9.17) is 40.6 Å². The van der Waals surface area contributed by atoms with Gasteiger partial charge in [0.25, 0.3) is 0 Å². The SMILES string of the molecule is C=CC1CN2CCC1CC2C(NC(=S)NC1OC(COC(C)=O)C(OC(C)=O)C(OC(C)=O)C1OC(C)=O)c1ccnc2ccc(OC)cc12. The third-order valence-corrected chi connectivity index (χ3v) is 9.64. The van der Waals surface area contributed by atoms with Crippen molar-refractivity contribution >= 4 is 52.1 Å². The first-order valence-electron chi connectivity index (χ1n) is 16.5. The van der Waals surface area contributed by atoms with Crippen LogP contribution in [0.25, 0.3) is 10.9 Å². The molecule has 2 N–H and O–H groups in total. The summed E-state index contributed by atoms with van der Waals surface area (Å²) in [6.07, 6.45) is -0.520. The van der Waals surface area contributed by atoms with Crippen LogP contribution in [0.4, 0.5) is 0 Å². The van der Waals surface area contributed by atoms with Crippen molar-refractivity contribution in [2.75, 3.05) is 26.8 Å². The minimum atomic E-state index is -1.33. The number of carbonyl (C=O) groups is 4. The van der Waals surface area contributed by atoms with Crippen molar-refractivity contribution in [1.29, 1.82) is 0 Å². The Balaban J connectivity index is 1.50. The van der Waals surface area contributed by atoms with E-state index in [1.54, 1.807) is 13.3 Å². The molecular formula is C35H44N4O10S. The van der Waals surface area contributed by atoms with Gasteiger partial charge in [0.05, 0.1) is 18.7 Å². The molecule has 0 radical (unpaired) electrons. The average molecular weight is 713 g/mol. The molecule has 0 aliphatic carbocycles. The number of nitrogens with one attached hydrogen (secondary N) is 2. The molecular weight excluding hydrogens is 668 g/mol. The number of aromatic nitrogens is 1. The minimum absolute atomic E-state index is 0.0388. The van der Waals surface area contributed by atoms with Crippen LogP contribution in [0.5, 0.6) is 5.75 Å². The van der Waals surface area contributed by atoms with Gasteiger partial charge in [-0.15, -0.1) is 6.58 Å². The Bertz CT molecular complexity index is 1620. The lowest BCUT2D eigenvalue weighted by molar-refractivity contribution is -0.255. The number of fused-ring (bicyclic) bond motifs is 4. The zero-order valence-electron chi connectivity index (χ0n) is 28.8. The fourth-order valence-electron chi connectivity index (χ4n) is 7.31. The molecule has 4 aliphatic heterocycles. The fourth-order valence-corrected chi connectivity index (χ4v) is 7.55. The number of thiocarbonyl (C=S) groups is 1. The number of hydrogen-bond acceptors (Lipinski definition) is 13. The smallest absolute Gasteiger partial charge is 0.303 e. The molecule has 1 aromatic heterocycles. The van der Waals surface area contributed by atoms with E-state index in [0.717, 1.165) is 42.4 Å². The molecule has 4 saturated heterocycles. The van der Waals surface area contributed by atoms with Crippen molar-refractivity contribution in [1.82, 2.24) is 20.5 Å². The summed E-state index contributed by atoms with van der Waals surface area (Å²) >= 11 is 5.92. The summed E-state index contributed by atoms with van der Waals surface area (Å²) < 4.78 is 33.7. The average Bonchev–Trinajstić information content (AvgIpc) is 3.08. The maximum atomic E-state index is 12.4. The highest BCUT2D eigenvalue weighted by molar-refractivity contribution is 7.80. The summed E-state index contributed by atoms with van der Waals surface area (Å²) in [6, 6.07) is 7.38. The predicted octanol–water partition coefficient (Wildman–Crippen LogP) is 2.73. The van der Waals surface area contributed by atoms with Gasteiger partial charge in [0.15, 0.2) is 29.7 Å². The number of methoxy groups -OCH3 is 1. The molecule has 10 atom stereocenters. The zero-order valence-corrected chi connectivity index (χ0v) is 29.6.